The lowest BCUT2D eigenvalue weighted by atomic mass is 9.85. The number of nitrogens with zero attached hydrogens (tertiary/aromatic N) is 1. The van der Waals surface area contributed by atoms with Crippen molar-refractivity contribution < 1.29 is 27.2 Å². The van der Waals surface area contributed by atoms with Gasteiger partial charge in [0.25, 0.3) is 10.1 Å². The van der Waals surface area contributed by atoms with E-state index >= 15 is 0 Å². The van der Waals surface area contributed by atoms with E-state index in [9.17, 15) is 18.3 Å². The van der Waals surface area contributed by atoms with Crippen LogP contribution in [0, 0.1) is 12.3 Å². The molecule has 2 rings (SSSR count). The van der Waals surface area contributed by atoms with E-state index in [4.69, 9.17) is 8.92 Å². The SMILES string of the molecule is Cc1ccc(S(=O)(=O)OCCOC2CN(C(=O)O)C(C(C)(C)C)C2Br)cc1. The van der Waals surface area contributed by atoms with Crippen molar-refractivity contribution in [1.29, 1.82) is 0 Å². The smallest absolute Gasteiger partial charge is 0.407 e. The Labute approximate surface area is 168 Å². The Morgan fingerprint density at radius 1 is 1.26 bits per heavy atom. The molecule has 0 bridgehead atoms. The highest BCUT2D eigenvalue weighted by atomic mass is 79.9. The summed E-state index contributed by atoms with van der Waals surface area (Å²) < 4.78 is 35.1. The Morgan fingerprint density at radius 3 is 2.33 bits per heavy atom. The lowest BCUT2D eigenvalue weighted by Crippen LogP contribution is -2.45. The number of carboxylic acid groups (broad SMARTS) is 1. The van der Waals surface area contributed by atoms with E-state index in [1.807, 2.05) is 27.7 Å². The number of likely N-dealkylation sites (tertiary alicyclic amines) is 1. The first-order valence-electron chi connectivity index (χ1n) is 8.65. The van der Waals surface area contributed by atoms with E-state index in [1.54, 1.807) is 12.1 Å². The molecule has 152 valence electrons. The molecular formula is C18H26BrNO6S. The van der Waals surface area contributed by atoms with Gasteiger partial charge in [0.05, 0.1) is 41.6 Å². The summed E-state index contributed by atoms with van der Waals surface area (Å²) in [5, 5.41) is 9.45. The summed E-state index contributed by atoms with van der Waals surface area (Å²) >= 11 is 3.56. The molecule has 0 radical (unpaired) electrons. The number of benzene rings is 1. The third-order valence-electron chi connectivity index (χ3n) is 4.47. The molecule has 1 saturated heterocycles. The summed E-state index contributed by atoms with van der Waals surface area (Å²) in [5.74, 6) is 0. The number of amides is 1. The number of aryl methyl sites for hydroxylation is 1. The highest BCUT2D eigenvalue weighted by molar-refractivity contribution is 9.09. The fraction of sp³-hybridized carbons (Fsp3) is 0.611. The molecule has 1 heterocycles. The van der Waals surface area contributed by atoms with E-state index in [2.05, 4.69) is 15.9 Å². The second kappa shape index (κ2) is 8.46. The number of alkyl halides is 1. The van der Waals surface area contributed by atoms with Gasteiger partial charge in [0, 0.05) is 0 Å². The van der Waals surface area contributed by atoms with Crippen molar-refractivity contribution in [2.24, 2.45) is 5.41 Å². The number of rotatable bonds is 6. The maximum Gasteiger partial charge on any atom is 0.407 e. The molecule has 7 nitrogen and oxygen atoms in total. The molecule has 0 spiro atoms. The van der Waals surface area contributed by atoms with Crippen LogP contribution >= 0.6 is 15.9 Å². The number of hydrogen-bond acceptors (Lipinski definition) is 5. The Kier molecular flexibility index (Phi) is 6.94. The Balaban J connectivity index is 1.91. The van der Waals surface area contributed by atoms with Gasteiger partial charge in [0.1, 0.15) is 0 Å². The lowest BCUT2D eigenvalue weighted by molar-refractivity contribution is 0.0434. The Bertz CT molecular complexity index is 759. The van der Waals surface area contributed by atoms with Gasteiger partial charge in [0.2, 0.25) is 0 Å². The predicted molar refractivity (Wildman–Crippen MR) is 105 cm³/mol. The van der Waals surface area contributed by atoms with Crippen LogP contribution in [0.3, 0.4) is 0 Å². The zero-order chi connectivity index (χ0) is 20.4. The molecule has 1 amide bonds. The zero-order valence-electron chi connectivity index (χ0n) is 15.9. The van der Waals surface area contributed by atoms with Gasteiger partial charge in [0.15, 0.2) is 0 Å². The van der Waals surface area contributed by atoms with E-state index in [-0.39, 0.29) is 47.0 Å². The summed E-state index contributed by atoms with van der Waals surface area (Å²) in [5.41, 5.74) is 0.689. The van der Waals surface area contributed by atoms with Crippen LogP contribution in [-0.2, 0) is 19.0 Å². The topological polar surface area (TPSA) is 93.1 Å². The minimum absolute atomic E-state index is 0.0438. The molecule has 0 aromatic heterocycles. The van der Waals surface area contributed by atoms with E-state index in [0.29, 0.717) is 0 Å². The minimum Gasteiger partial charge on any atom is -0.465 e. The maximum absolute atomic E-state index is 12.2. The van der Waals surface area contributed by atoms with Gasteiger partial charge in [-0.05, 0) is 24.5 Å². The molecule has 0 aliphatic carbocycles. The lowest BCUT2D eigenvalue weighted by Gasteiger charge is -2.35. The van der Waals surface area contributed by atoms with Crippen molar-refractivity contribution in [3.8, 4) is 0 Å². The molecule has 3 unspecified atom stereocenters. The van der Waals surface area contributed by atoms with Crippen LogP contribution in [0.1, 0.15) is 26.3 Å². The van der Waals surface area contributed by atoms with Gasteiger partial charge in [-0.25, -0.2) is 4.79 Å². The Morgan fingerprint density at radius 2 is 1.85 bits per heavy atom. The second-order valence-electron chi connectivity index (χ2n) is 7.69. The van der Waals surface area contributed by atoms with Crippen LogP contribution in [0.25, 0.3) is 0 Å². The predicted octanol–water partition coefficient (Wildman–Crippen LogP) is 3.26. The molecule has 27 heavy (non-hydrogen) atoms. The number of hydrogen-bond donors (Lipinski definition) is 1. The third-order valence-corrected chi connectivity index (χ3v) is 6.88. The van der Waals surface area contributed by atoms with E-state index in [1.165, 1.54) is 17.0 Å². The second-order valence-corrected chi connectivity index (χ2v) is 10.4. The highest BCUT2D eigenvalue weighted by Gasteiger charge is 2.48. The molecule has 1 aliphatic heterocycles. The quantitative estimate of drug-likeness (QED) is 0.395. The minimum atomic E-state index is -3.84. The van der Waals surface area contributed by atoms with Crippen LogP contribution in [0.5, 0.6) is 0 Å². The van der Waals surface area contributed by atoms with Gasteiger partial charge in [-0.2, -0.15) is 8.42 Å². The van der Waals surface area contributed by atoms with Crippen LogP contribution < -0.4 is 0 Å². The number of halogens is 1. The molecule has 9 heteroatoms. The summed E-state index contributed by atoms with van der Waals surface area (Å²) in [4.78, 5) is 12.8. The van der Waals surface area contributed by atoms with Crippen molar-refractivity contribution in [2.75, 3.05) is 19.8 Å². The molecule has 1 aliphatic rings. The molecule has 3 atom stereocenters. The Hall–Kier alpha value is -1.16. The average Bonchev–Trinajstić information content (AvgIpc) is 2.89. The van der Waals surface area contributed by atoms with Gasteiger partial charge in [-0.15, -0.1) is 0 Å². The van der Waals surface area contributed by atoms with E-state index in [0.717, 1.165) is 5.56 Å². The number of carbonyl (C=O) groups is 1. The van der Waals surface area contributed by atoms with Crippen molar-refractivity contribution in [3.63, 3.8) is 0 Å². The summed E-state index contributed by atoms with van der Waals surface area (Å²) in [6, 6.07) is 6.14. The molecule has 0 saturated carbocycles. The van der Waals surface area contributed by atoms with Gasteiger partial charge in [-0.3, -0.25) is 4.18 Å². The van der Waals surface area contributed by atoms with Crippen LogP contribution in [-0.4, -0.2) is 61.2 Å². The molecule has 1 N–H and O–H groups in total. The normalized spacial score (nSPS) is 23.6. The van der Waals surface area contributed by atoms with Gasteiger partial charge >= 0.3 is 6.09 Å². The van der Waals surface area contributed by atoms with Gasteiger partial charge < -0.3 is 14.7 Å². The molecule has 1 fully saturated rings. The fourth-order valence-electron chi connectivity index (χ4n) is 3.19. The third kappa shape index (κ3) is 5.43. The van der Waals surface area contributed by atoms with E-state index < -0.39 is 16.2 Å². The summed E-state index contributed by atoms with van der Waals surface area (Å²) in [6.45, 7) is 7.92. The van der Waals surface area contributed by atoms with Crippen molar-refractivity contribution in [3.05, 3.63) is 29.8 Å². The molecular weight excluding hydrogens is 438 g/mol. The molecule has 1 aromatic rings. The van der Waals surface area contributed by atoms with Crippen molar-refractivity contribution in [1.82, 2.24) is 4.90 Å². The maximum atomic E-state index is 12.2. The van der Waals surface area contributed by atoms with Crippen molar-refractivity contribution >= 4 is 32.1 Å². The molecule has 1 aromatic carbocycles. The van der Waals surface area contributed by atoms with Crippen LogP contribution in [0.15, 0.2) is 29.2 Å². The summed E-state index contributed by atoms with van der Waals surface area (Å²) in [7, 11) is -3.84. The first kappa shape index (κ1) is 22.1. The average molecular weight is 464 g/mol. The van der Waals surface area contributed by atoms with Crippen LogP contribution in [0.2, 0.25) is 0 Å². The standard InChI is InChI=1S/C18H26BrNO6S/c1-12-5-7-13(8-6-12)27(23,24)26-10-9-25-14-11-20(17(21)22)16(15(14)19)18(2,3)4/h5-8,14-16H,9-11H2,1-4H3,(H,21,22). The summed E-state index contributed by atoms with van der Waals surface area (Å²) in [6.07, 6.45) is -1.38. The van der Waals surface area contributed by atoms with Gasteiger partial charge in [-0.1, -0.05) is 54.4 Å². The fourth-order valence-corrected chi connectivity index (χ4v) is 5.48. The first-order valence-corrected chi connectivity index (χ1v) is 11.0. The zero-order valence-corrected chi connectivity index (χ0v) is 18.3. The monoisotopic (exact) mass is 463 g/mol. The number of ether oxygens (including phenoxy) is 1. The largest absolute Gasteiger partial charge is 0.465 e. The highest BCUT2D eigenvalue weighted by Crippen LogP contribution is 2.38. The first-order chi connectivity index (χ1) is 12.4. The van der Waals surface area contributed by atoms with Crippen molar-refractivity contribution in [2.45, 2.75) is 49.6 Å². The van der Waals surface area contributed by atoms with Crippen LogP contribution in [0.4, 0.5) is 4.79 Å².